The van der Waals surface area contributed by atoms with Crippen LogP contribution in [0.1, 0.15) is 5.56 Å². The monoisotopic (exact) mass is 331 g/mol. The van der Waals surface area contributed by atoms with Crippen molar-refractivity contribution in [2.75, 3.05) is 55.5 Å². The third-order valence-electron chi connectivity index (χ3n) is 3.96. The normalized spacial score (nSPS) is 14.5. The Morgan fingerprint density at radius 3 is 2.71 bits per heavy atom. The fourth-order valence-corrected chi connectivity index (χ4v) is 2.62. The van der Waals surface area contributed by atoms with Gasteiger partial charge < -0.3 is 19.9 Å². The van der Waals surface area contributed by atoms with E-state index in [-0.39, 0.29) is 5.82 Å². The maximum atomic E-state index is 14.0. The summed E-state index contributed by atoms with van der Waals surface area (Å²) in [4.78, 5) is 12.5. The van der Waals surface area contributed by atoms with Crippen molar-refractivity contribution >= 4 is 17.3 Å². The topological polar surface area (TPSA) is 53.5 Å². The van der Waals surface area contributed by atoms with E-state index in [0.29, 0.717) is 25.4 Å². The number of hydrogen-bond donors (Lipinski definition) is 1. The highest BCUT2D eigenvalue weighted by molar-refractivity contribution is 5.50. The second-order valence-corrected chi connectivity index (χ2v) is 5.89. The molecule has 1 N–H and O–H groups in total. The molecular formula is C17H22FN5O. The highest BCUT2D eigenvalue weighted by atomic mass is 19.1. The van der Waals surface area contributed by atoms with Crippen molar-refractivity contribution in [3.63, 3.8) is 0 Å². The second kappa shape index (κ2) is 7.44. The molecule has 1 aromatic heterocycles. The van der Waals surface area contributed by atoms with Crippen LogP contribution in [0.2, 0.25) is 0 Å². The molecule has 1 saturated heterocycles. The van der Waals surface area contributed by atoms with E-state index in [2.05, 4.69) is 20.2 Å². The standard InChI is InChI=1S/C17H22FN5O/c1-22(2)15-4-3-13(9-14(15)18)11-19-16-10-17(21-12-20-16)23-5-7-24-8-6-23/h3-4,9-10,12H,5-8,11H2,1-2H3,(H,19,20,21). The van der Waals surface area contributed by atoms with E-state index in [4.69, 9.17) is 4.74 Å². The average molecular weight is 331 g/mol. The van der Waals surface area contributed by atoms with Crippen molar-refractivity contribution in [1.29, 1.82) is 0 Å². The summed E-state index contributed by atoms with van der Waals surface area (Å²) in [5.41, 5.74) is 1.44. The van der Waals surface area contributed by atoms with Crippen molar-refractivity contribution < 1.29 is 9.13 Å². The molecule has 0 bridgehead atoms. The molecule has 6 nitrogen and oxygen atoms in total. The molecule has 1 aromatic carbocycles. The summed E-state index contributed by atoms with van der Waals surface area (Å²) in [5.74, 6) is 1.38. The van der Waals surface area contributed by atoms with Gasteiger partial charge in [-0.15, -0.1) is 0 Å². The number of morpholine rings is 1. The van der Waals surface area contributed by atoms with Gasteiger partial charge in [0.1, 0.15) is 23.8 Å². The van der Waals surface area contributed by atoms with Crippen LogP contribution in [-0.4, -0.2) is 50.4 Å². The number of halogens is 1. The molecule has 0 spiro atoms. The van der Waals surface area contributed by atoms with E-state index in [1.165, 1.54) is 0 Å². The van der Waals surface area contributed by atoms with Gasteiger partial charge in [-0.1, -0.05) is 6.07 Å². The molecular weight excluding hydrogens is 309 g/mol. The van der Waals surface area contributed by atoms with Gasteiger partial charge >= 0.3 is 0 Å². The molecule has 1 fully saturated rings. The van der Waals surface area contributed by atoms with Crippen LogP contribution >= 0.6 is 0 Å². The zero-order valence-electron chi connectivity index (χ0n) is 14.0. The maximum absolute atomic E-state index is 14.0. The molecule has 0 saturated carbocycles. The first kappa shape index (κ1) is 16.4. The maximum Gasteiger partial charge on any atom is 0.146 e. The molecule has 128 valence electrons. The Labute approximate surface area is 141 Å². The van der Waals surface area contributed by atoms with Crippen molar-refractivity contribution in [2.24, 2.45) is 0 Å². The van der Waals surface area contributed by atoms with Crippen molar-refractivity contribution in [1.82, 2.24) is 9.97 Å². The number of hydrogen-bond acceptors (Lipinski definition) is 6. The number of anilines is 3. The first-order valence-corrected chi connectivity index (χ1v) is 7.98. The second-order valence-electron chi connectivity index (χ2n) is 5.89. The van der Waals surface area contributed by atoms with Gasteiger partial charge in [-0.2, -0.15) is 0 Å². The molecule has 0 unspecified atom stereocenters. The summed E-state index contributed by atoms with van der Waals surface area (Å²) in [6.45, 7) is 3.58. The van der Waals surface area contributed by atoms with Gasteiger partial charge in [0, 0.05) is 39.8 Å². The van der Waals surface area contributed by atoms with Crippen molar-refractivity contribution in [3.8, 4) is 0 Å². The Balaban J connectivity index is 1.65. The fraction of sp³-hybridized carbons (Fsp3) is 0.412. The zero-order valence-corrected chi connectivity index (χ0v) is 14.0. The van der Waals surface area contributed by atoms with Gasteiger partial charge in [-0.25, -0.2) is 14.4 Å². The van der Waals surface area contributed by atoms with Crippen molar-refractivity contribution in [2.45, 2.75) is 6.54 Å². The van der Waals surface area contributed by atoms with Gasteiger partial charge in [0.25, 0.3) is 0 Å². The van der Waals surface area contributed by atoms with Gasteiger partial charge in [0.15, 0.2) is 0 Å². The van der Waals surface area contributed by atoms with Crippen LogP contribution in [0.3, 0.4) is 0 Å². The predicted molar refractivity (Wildman–Crippen MR) is 93.1 cm³/mol. The smallest absolute Gasteiger partial charge is 0.146 e. The number of ether oxygens (including phenoxy) is 1. The number of rotatable bonds is 5. The number of aromatic nitrogens is 2. The molecule has 0 aliphatic carbocycles. The van der Waals surface area contributed by atoms with Gasteiger partial charge in [-0.3, -0.25) is 0 Å². The molecule has 0 radical (unpaired) electrons. The molecule has 1 aliphatic rings. The van der Waals surface area contributed by atoms with Gasteiger partial charge in [-0.05, 0) is 17.7 Å². The summed E-state index contributed by atoms with van der Waals surface area (Å²) < 4.78 is 19.4. The molecule has 24 heavy (non-hydrogen) atoms. The largest absolute Gasteiger partial charge is 0.378 e. The van der Waals surface area contributed by atoms with E-state index < -0.39 is 0 Å². The number of benzene rings is 1. The van der Waals surface area contributed by atoms with Crippen LogP contribution in [0.4, 0.5) is 21.7 Å². The van der Waals surface area contributed by atoms with E-state index in [1.807, 2.05) is 26.2 Å². The predicted octanol–water partition coefficient (Wildman–Crippen LogP) is 2.13. The lowest BCUT2D eigenvalue weighted by molar-refractivity contribution is 0.122. The quantitative estimate of drug-likeness (QED) is 0.906. The highest BCUT2D eigenvalue weighted by Crippen LogP contribution is 2.20. The third kappa shape index (κ3) is 3.91. The number of nitrogens with zero attached hydrogens (tertiary/aromatic N) is 4. The Morgan fingerprint density at radius 1 is 1.21 bits per heavy atom. The minimum atomic E-state index is -0.226. The molecule has 0 amide bonds. The summed E-state index contributed by atoms with van der Waals surface area (Å²) in [7, 11) is 3.65. The molecule has 2 aromatic rings. The molecule has 0 atom stereocenters. The first-order valence-electron chi connectivity index (χ1n) is 7.98. The lowest BCUT2D eigenvalue weighted by atomic mass is 10.2. The van der Waals surface area contributed by atoms with Crippen LogP contribution in [0.25, 0.3) is 0 Å². The average Bonchev–Trinajstić information content (AvgIpc) is 2.61. The SMILES string of the molecule is CN(C)c1ccc(CNc2cc(N3CCOCC3)ncn2)cc1F. The fourth-order valence-electron chi connectivity index (χ4n) is 2.62. The number of nitrogens with one attached hydrogen (secondary N) is 1. The summed E-state index contributed by atoms with van der Waals surface area (Å²) in [5, 5.41) is 3.23. The molecule has 7 heteroatoms. The van der Waals surface area contributed by atoms with Crippen LogP contribution in [0.15, 0.2) is 30.6 Å². The molecule has 1 aliphatic heterocycles. The van der Waals surface area contributed by atoms with Crippen LogP contribution in [-0.2, 0) is 11.3 Å². The van der Waals surface area contributed by atoms with Crippen LogP contribution in [0, 0.1) is 5.82 Å². The highest BCUT2D eigenvalue weighted by Gasteiger charge is 2.13. The van der Waals surface area contributed by atoms with Crippen LogP contribution < -0.4 is 15.1 Å². The summed E-state index contributed by atoms with van der Waals surface area (Å²) in [6.07, 6.45) is 1.54. The van der Waals surface area contributed by atoms with Crippen molar-refractivity contribution in [3.05, 3.63) is 42.0 Å². The van der Waals surface area contributed by atoms with E-state index in [1.54, 1.807) is 23.4 Å². The Kier molecular flexibility index (Phi) is 5.10. The minimum absolute atomic E-state index is 0.226. The van der Waals surface area contributed by atoms with Crippen LogP contribution in [0.5, 0.6) is 0 Å². The Bertz CT molecular complexity index is 688. The van der Waals surface area contributed by atoms with Gasteiger partial charge in [0.2, 0.25) is 0 Å². The zero-order chi connectivity index (χ0) is 16.9. The molecule has 3 rings (SSSR count). The van der Waals surface area contributed by atoms with E-state index in [9.17, 15) is 4.39 Å². The first-order chi connectivity index (χ1) is 11.6. The third-order valence-corrected chi connectivity index (χ3v) is 3.96. The summed E-state index contributed by atoms with van der Waals surface area (Å²) >= 11 is 0. The lowest BCUT2D eigenvalue weighted by Crippen LogP contribution is -2.36. The summed E-state index contributed by atoms with van der Waals surface area (Å²) in [6, 6.07) is 7.16. The van der Waals surface area contributed by atoms with E-state index >= 15 is 0 Å². The Hall–Kier alpha value is -2.41. The molecule has 2 heterocycles. The lowest BCUT2D eigenvalue weighted by Gasteiger charge is -2.27. The van der Waals surface area contributed by atoms with Gasteiger partial charge in [0.05, 0.1) is 18.9 Å². The minimum Gasteiger partial charge on any atom is -0.378 e. The van der Waals surface area contributed by atoms with E-state index in [0.717, 1.165) is 30.3 Å². The Morgan fingerprint density at radius 2 is 2.00 bits per heavy atom.